The molecule has 29 nitrogen and oxygen atoms in total. The quantitative estimate of drug-likeness (QED) is 0.0737. The van der Waals surface area contributed by atoms with Crippen LogP contribution in [0.1, 0.15) is 162 Å². The molecule has 0 aliphatic carbocycles. The molecule has 10 rings (SSSR count). The van der Waals surface area contributed by atoms with Crippen LogP contribution in [0, 0.1) is 0 Å². The van der Waals surface area contributed by atoms with Gasteiger partial charge in [-0.25, -0.2) is 34.3 Å². The summed E-state index contributed by atoms with van der Waals surface area (Å²) in [5, 5.41) is 15.9. The number of carbonyl (C=O) groups is 7. The lowest BCUT2D eigenvalue weighted by Gasteiger charge is -2.38. The van der Waals surface area contributed by atoms with Gasteiger partial charge in [0.25, 0.3) is 0 Å². The summed E-state index contributed by atoms with van der Waals surface area (Å²) >= 11 is 5.45. The summed E-state index contributed by atoms with van der Waals surface area (Å²) < 4.78 is 10.4. The summed E-state index contributed by atoms with van der Waals surface area (Å²) in [5.74, 6) is 0.648. The van der Waals surface area contributed by atoms with Crippen LogP contribution in [-0.4, -0.2) is 229 Å². The van der Waals surface area contributed by atoms with Crippen LogP contribution in [-0.2, 0) is 9.47 Å². The van der Waals surface area contributed by atoms with Crippen LogP contribution in [0.4, 0.5) is 31.8 Å². The number of hydrogen-bond donors (Lipinski definition) is 10. The van der Waals surface area contributed by atoms with Crippen molar-refractivity contribution in [2.24, 2.45) is 28.7 Å². The van der Waals surface area contributed by atoms with Gasteiger partial charge >= 0.3 is 18.2 Å². The van der Waals surface area contributed by atoms with Gasteiger partial charge in [-0.3, -0.25) is 29.0 Å². The maximum Gasteiger partial charge on any atom is 0.407 e. The van der Waals surface area contributed by atoms with Gasteiger partial charge in [0, 0.05) is 153 Å². The van der Waals surface area contributed by atoms with Gasteiger partial charge in [0.1, 0.15) is 33.8 Å². The summed E-state index contributed by atoms with van der Waals surface area (Å²) in [6.07, 6.45) is 12.5. The second-order valence-corrected chi connectivity index (χ2v) is 28.0. The Kier molecular flexibility index (Phi) is 38.2. The van der Waals surface area contributed by atoms with E-state index in [0.29, 0.717) is 39.5 Å². The first kappa shape index (κ1) is 87.6. The molecular formula is C69H113Cl3N20O9. The minimum Gasteiger partial charge on any atom is -0.444 e. The summed E-state index contributed by atoms with van der Waals surface area (Å²) in [6, 6.07) is 15.8. The van der Waals surface area contributed by atoms with Gasteiger partial charge in [0.2, 0.25) is 23.6 Å². The van der Waals surface area contributed by atoms with E-state index in [0.717, 1.165) is 166 Å². The zero-order valence-electron chi connectivity index (χ0n) is 60.6. The van der Waals surface area contributed by atoms with Crippen LogP contribution >= 0.6 is 36.4 Å². The molecule has 6 saturated heterocycles. The number of hydrogen-bond acceptors (Lipinski definition) is 21. The highest BCUT2D eigenvalue weighted by Crippen LogP contribution is 2.22. The van der Waals surface area contributed by atoms with Crippen LogP contribution < -0.4 is 70.0 Å². The molecule has 0 aromatic carbocycles. The van der Waals surface area contributed by atoms with Crippen LogP contribution in [0.5, 0.6) is 0 Å². The number of anilines is 3. The molecule has 6 aliphatic rings. The molecule has 32 heteroatoms. The fourth-order valence-corrected chi connectivity index (χ4v) is 11.2. The average Bonchev–Trinajstić information content (AvgIpc) is 0.858. The predicted molar refractivity (Wildman–Crippen MR) is 401 cm³/mol. The van der Waals surface area contributed by atoms with E-state index in [-0.39, 0.29) is 61.2 Å². The van der Waals surface area contributed by atoms with Crippen LogP contribution in [0.2, 0.25) is 5.15 Å². The molecule has 0 spiro atoms. The number of piperidine rings is 4. The number of primary amides is 4. The molecule has 0 atom stereocenters. The van der Waals surface area contributed by atoms with E-state index in [4.69, 9.17) is 49.7 Å². The standard InChI is InChI=1S/C19H30N6O2.C16H24N4O3.C11H16N4O.C10H20N2O2.C7H16N2.C6H5ClN2O.2ClH/c1-14(2)23-9-11-25(12-10-23)19(27)22-16-5-7-24(8-6-16)17-4-3-15(13-21-17)18(20)26;1-16(2,3)23-15(22)19-12-6-8-20(9-7-12)13-5-4-11(10-18-13)14(17)21;12-9-3-5-15(6-4-9)10-2-1-8(7-14-10)11(13)16;1-10(2,3)14-9(13)12-8-4-6-11-7-5-8;1-7(2)9-5-3-8-4-6-9;7-5-2-1-4(3-9-5)6(8)10;;/h3-4,13-14,16H,5-12H2,1-2H3,(H2,20,26)(H,22,27);4-5,10,12H,6-9H2,1-3H3,(H2,17,21)(H,19,22);1-2,7,9H,3-6,12H2,(H2,13,16);8,11H,4-7H2,1-3H3,(H,12,13);7-8H,3-6H2,1-2H3;1-3H,(H2,8,10);2*1H. The molecule has 15 N–H and O–H groups in total. The lowest BCUT2D eigenvalue weighted by Crippen LogP contribution is -2.55. The number of pyridine rings is 4. The summed E-state index contributed by atoms with van der Waals surface area (Å²) in [6.45, 7) is 35.3. The van der Waals surface area contributed by atoms with Crippen LogP contribution in [0.25, 0.3) is 0 Å². The summed E-state index contributed by atoms with van der Waals surface area (Å²) in [7, 11) is 0. The second kappa shape index (κ2) is 44.0. The number of piperazine rings is 2. The van der Waals surface area contributed by atoms with E-state index in [1.54, 1.807) is 24.3 Å². The normalized spacial score (nSPS) is 17.2. The summed E-state index contributed by atoms with van der Waals surface area (Å²) in [5.41, 5.74) is 27.1. The van der Waals surface area contributed by atoms with E-state index in [9.17, 15) is 33.6 Å². The molecule has 8 amide bonds. The van der Waals surface area contributed by atoms with Crippen molar-refractivity contribution in [3.63, 3.8) is 0 Å². The number of aromatic nitrogens is 4. The van der Waals surface area contributed by atoms with Gasteiger partial charge in [-0.2, -0.15) is 0 Å². The molecule has 0 radical (unpaired) electrons. The van der Waals surface area contributed by atoms with Crippen molar-refractivity contribution in [1.29, 1.82) is 0 Å². The molecule has 564 valence electrons. The van der Waals surface area contributed by atoms with Gasteiger partial charge in [-0.1, -0.05) is 11.6 Å². The topological polar surface area (TPSA) is 399 Å². The Morgan fingerprint density at radius 1 is 0.446 bits per heavy atom. The molecule has 10 heterocycles. The van der Waals surface area contributed by atoms with Crippen molar-refractivity contribution in [2.45, 2.75) is 168 Å². The van der Waals surface area contributed by atoms with Crippen molar-refractivity contribution in [1.82, 2.24) is 61.2 Å². The van der Waals surface area contributed by atoms with Crippen molar-refractivity contribution >= 4 is 95.7 Å². The number of urea groups is 1. The predicted octanol–water partition coefficient (Wildman–Crippen LogP) is 5.91. The first-order valence-electron chi connectivity index (χ1n) is 34.5. The minimum atomic E-state index is -0.496. The Balaban J connectivity index is 0.000000327. The maximum atomic E-state index is 12.5. The lowest BCUT2D eigenvalue weighted by atomic mass is 10.1. The average molecular weight is 1470 g/mol. The Labute approximate surface area is 613 Å². The van der Waals surface area contributed by atoms with Crippen molar-refractivity contribution in [3.8, 4) is 0 Å². The number of alkyl carbamates (subject to hydrolysis) is 2. The van der Waals surface area contributed by atoms with Gasteiger partial charge in [0.15, 0.2) is 0 Å². The van der Waals surface area contributed by atoms with E-state index in [1.807, 2.05) is 58.6 Å². The zero-order valence-corrected chi connectivity index (χ0v) is 63.0. The molecule has 0 bridgehead atoms. The molecule has 0 unspecified atom stereocenters. The Hall–Kier alpha value is -7.64. The highest BCUT2D eigenvalue weighted by atomic mass is 35.5. The van der Waals surface area contributed by atoms with Crippen molar-refractivity contribution in [3.05, 3.63) is 101 Å². The minimum absolute atomic E-state index is 0. The van der Waals surface area contributed by atoms with E-state index in [1.165, 1.54) is 50.0 Å². The van der Waals surface area contributed by atoms with Gasteiger partial charge < -0.3 is 84.3 Å². The number of nitrogens with two attached hydrogens (primary N) is 5. The van der Waals surface area contributed by atoms with Crippen molar-refractivity contribution < 1.29 is 43.0 Å². The third-order valence-electron chi connectivity index (χ3n) is 16.9. The fraction of sp³-hybridized carbons (Fsp3) is 0.609. The van der Waals surface area contributed by atoms with Gasteiger partial charge in [-0.05, 0) is 182 Å². The summed E-state index contributed by atoms with van der Waals surface area (Å²) in [4.78, 5) is 109. The van der Waals surface area contributed by atoms with E-state index < -0.39 is 34.8 Å². The second-order valence-electron chi connectivity index (χ2n) is 27.7. The fourth-order valence-electron chi connectivity index (χ4n) is 11.1. The number of amides is 8. The first-order chi connectivity index (χ1) is 46.8. The number of nitrogens with zero attached hydrogens (tertiary/aromatic N) is 10. The number of rotatable bonds is 12. The molecule has 4 aromatic heterocycles. The highest BCUT2D eigenvalue weighted by molar-refractivity contribution is 6.29. The number of ether oxygens (including phenoxy) is 2. The largest absolute Gasteiger partial charge is 0.444 e. The Morgan fingerprint density at radius 3 is 1.07 bits per heavy atom. The Bertz CT molecular complexity index is 3110. The molecule has 6 fully saturated rings. The molecule has 4 aromatic rings. The first-order valence-corrected chi connectivity index (χ1v) is 34.8. The monoisotopic (exact) mass is 1470 g/mol. The number of carbonyl (C=O) groups excluding carboxylic acids is 7. The van der Waals surface area contributed by atoms with E-state index in [2.05, 4.69) is 98.7 Å². The third-order valence-corrected chi connectivity index (χ3v) is 17.2. The highest BCUT2D eigenvalue weighted by Gasteiger charge is 2.29. The van der Waals surface area contributed by atoms with E-state index >= 15 is 0 Å². The lowest BCUT2D eigenvalue weighted by molar-refractivity contribution is 0.0484. The SMILES string of the molecule is CC(C)(C)OC(=O)NC1CCN(c2ccc(C(N)=O)cn2)CC1.CC(C)(C)OC(=O)NC1CCNCC1.CC(C)N1CCN(C(=O)NC2CCN(c3ccc(C(N)=O)cn3)CC2)CC1.CC(C)N1CCNCC1.Cl.Cl.NC(=O)c1ccc(Cl)nc1.NC(=O)c1ccc(N2CCC(N)CC2)nc1. The van der Waals surface area contributed by atoms with Gasteiger partial charge in [0.05, 0.1) is 22.3 Å². The molecule has 6 aliphatic heterocycles. The molecule has 101 heavy (non-hydrogen) atoms. The van der Waals surface area contributed by atoms with Crippen molar-refractivity contribution in [2.75, 3.05) is 119 Å². The maximum absolute atomic E-state index is 12.5. The number of halogens is 3. The zero-order chi connectivity index (χ0) is 72.8. The van der Waals surface area contributed by atoms with Gasteiger partial charge in [-0.15, -0.1) is 24.8 Å². The van der Waals surface area contributed by atoms with Crippen LogP contribution in [0.3, 0.4) is 0 Å². The molecule has 0 saturated carbocycles. The van der Waals surface area contributed by atoms with Crippen LogP contribution in [0.15, 0.2) is 73.3 Å². The molecular weight excluding hydrogens is 1360 g/mol. The third kappa shape index (κ3) is 33.4. The Morgan fingerprint density at radius 2 is 0.762 bits per heavy atom. The number of nitrogens with one attached hydrogen (secondary N) is 5. The smallest absolute Gasteiger partial charge is 0.407 e.